The third kappa shape index (κ3) is 5.01. The summed E-state index contributed by atoms with van der Waals surface area (Å²) in [6.07, 6.45) is 5.01. The number of aromatic amines is 1. The fraction of sp³-hybridized carbons (Fsp3) is 0.259. The first kappa shape index (κ1) is 23.5. The topological polar surface area (TPSA) is 100 Å². The first-order valence-corrected chi connectivity index (χ1v) is 13.1. The molecule has 1 aliphatic heterocycles. The zero-order chi connectivity index (χ0) is 25.2. The van der Waals surface area contributed by atoms with Crippen molar-refractivity contribution in [3.8, 4) is 0 Å². The quantitative estimate of drug-likeness (QED) is 0.285. The van der Waals surface area contributed by atoms with Crippen LogP contribution in [0.25, 0.3) is 16.7 Å². The van der Waals surface area contributed by atoms with E-state index in [-0.39, 0.29) is 18.6 Å². The number of benzene rings is 2. The van der Waals surface area contributed by atoms with Gasteiger partial charge < -0.3 is 19.9 Å². The summed E-state index contributed by atoms with van der Waals surface area (Å²) in [6, 6.07) is 18.0. The number of amides is 1. The van der Waals surface area contributed by atoms with E-state index < -0.39 is 0 Å². The van der Waals surface area contributed by atoms with Gasteiger partial charge in [0.2, 0.25) is 0 Å². The molecule has 37 heavy (non-hydrogen) atoms. The number of nitrogens with one attached hydrogen (secondary N) is 2. The van der Waals surface area contributed by atoms with Crippen LogP contribution < -0.4 is 5.32 Å². The number of anilines is 1. The van der Waals surface area contributed by atoms with Gasteiger partial charge in [-0.05, 0) is 52.0 Å². The number of fused-ring (bicyclic) bond motifs is 2. The molecule has 1 fully saturated rings. The van der Waals surface area contributed by atoms with E-state index in [0.717, 1.165) is 56.6 Å². The van der Waals surface area contributed by atoms with Gasteiger partial charge in [-0.15, -0.1) is 0 Å². The fourth-order valence-electron chi connectivity index (χ4n) is 4.77. The molecule has 6 rings (SSSR count). The lowest BCUT2D eigenvalue weighted by Gasteiger charge is -2.32. The Balaban J connectivity index is 1.19. The largest absolute Gasteiger partial charge is 0.445 e. The second kappa shape index (κ2) is 10.2. The van der Waals surface area contributed by atoms with Gasteiger partial charge in [0.1, 0.15) is 12.4 Å². The normalized spacial score (nSPS) is 15.8. The average Bonchev–Trinajstić information content (AvgIpc) is 3.57. The minimum absolute atomic E-state index is 0.103. The van der Waals surface area contributed by atoms with Gasteiger partial charge >= 0.3 is 6.09 Å². The summed E-state index contributed by atoms with van der Waals surface area (Å²) in [6.45, 7) is 2.14. The van der Waals surface area contributed by atoms with Crippen LogP contribution in [0.4, 0.5) is 10.6 Å². The van der Waals surface area contributed by atoms with Crippen molar-refractivity contribution in [3.63, 3.8) is 0 Å². The van der Waals surface area contributed by atoms with Crippen molar-refractivity contribution in [1.29, 1.82) is 0 Å². The number of carbonyl (C=O) groups is 1. The summed E-state index contributed by atoms with van der Waals surface area (Å²) < 4.78 is 8.22. The number of aromatic nitrogens is 5. The zero-order valence-corrected chi connectivity index (χ0v) is 21.7. The molecule has 3 aromatic heterocycles. The summed E-state index contributed by atoms with van der Waals surface area (Å²) in [5, 5.41) is 8.03. The van der Waals surface area contributed by atoms with E-state index in [1.54, 1.807) is 21.9 Å². The average molecular weight is 560 g/mol. The molecule has 188 valence electrons. The molecule has 0 bridgehead atoms. The minimum Gasteiger partial charge on any atom is -0.445 e. The van der Waals surface area contributed by atoms with Crippen LogP contribution >= 0.6 is 15.9 Å². The maximum atomic E-state index is 12.8. The SMILES string of the molecule is O=C(OCc1ccccc1)N1CCCC(c2cc(NCc3ccc4nc[nH]c4c3)n3ncc(Br)c3n2)C1. The first-order chi connectivity index (χ1) is 18.1. The smallest absolute Gasteiger partial charge is 0.410 e. The standard InChI is InChI=1S/C27H26BrN7O2/c28-21-14-32-35-25(29-13-19-8-9-22-24(11-19)31-17-30-22)12-23(33-26(21)35)20-7-4-10-34(15-20)27(36)37-16-18-5-2-1-3-6-18/h1-3,5-6,8-9,11-12,14,17,20,29H,4,7,10,13,15-16H2,(H,30,31). The fourth-order valence-corrected chi connectivity index (χ4v) is 5.12. The van der Waals surface area contributed by atoms with Crippen molar-refractivity contribution >= 4 is 44.5 Å². The van der Waals surface area contributed by atoms with Gasteiger partial charge in [0.15, 0.2) is 5.65 Å². The minimum atomic E-state index is -0.285. The zero-order valence-electron chi connectivity index (χ0n) is 20.1. The second-order valence-electron chi connectivity index (χ2n) is 9.23. The summed E-state index contributed by atoms with van der Waals surface area (Å²) in [4.78, 5) is 27.0. The van der Waals surface area contributed by atoms with Crippen LogP contribution in [0, 0.1) is 0 Å². The molecule has 1 atom stereocenters. The highest BCUT2D eigenvalue weighted by atomic mass is 79.9. The van der Waals surface area contributed by atoms with Gasteiger partial charge in [0.05, 0.1) is 33.7 Å². The van der Waals surface area contributed by atoms with Crippen molar-refractivity contribution in [3.05, 3.63) is 88.4 Å². The molecule has 2 N–H and O–H groups in total. The van der Waals surface area contributed by atoms with Crippen LogP contribution in [0.2, 0.25) is 0 Å². The molecule has 0 spiro atoms. The van der Waals surface area contributed by atoms with Crippen LogP contribution in [0.3, 0.4) is 0 Å². The Morgan fingerprint density at radius 3 is 2.95 bits per heavy atom. The lowest BCUT2D eigenvalue weighted by Crippen LogP contribution is -2.39. The van der Waals surface area contributed by atoms with Gasteiger partial charge in [0, 0.05) is 31.6 Å². The molecule has 5 aromatic rings. The number of nitrogens with zero attached hydrogens (tertiary/aromatic N) is 5. The van der Waals surface area contributed by atoms with E-state index in [1.165, 1.54) is 0 Å². The number of rotatable bonds is 6. The molecule has 0 radical (unpaired) electrons. The molecule has 4 heterocycles. The van der Waals surface area contributed by atoms with Crippen LogP contribution in [0.5, 0.6) is 0 Å². The number of piperidine rings is 1. The van der Waals surface area contributed by atoms with E-state index in [2.05, 4.69) is 48.4 Å². The highest BCUT2D eigenvalue weighted by Crippen LogP contribution is 2.30. The van der Waals surface area contributed by atoms with Crippen molar-refractivity contribution in [2.45, 2.75) is 31.9 Å². The van der Waals surface area contributed by atoms with Crippen molar-refractivity contribution < 1.29 is 9.53 Å². The molecule has 9 nitrogen and oxygen atoms in total. The van der Waals surface area contributed by atoms with Crippen molar-refractivity contribution in [1.82, 2.24) is 29.5 Å². The third-order valence-corrected chi connectivity index (χ3v) is 7.27. The van der Waals surface area contributed by atoms with Gasteiger partial charge in [-0.25, -0.2) is 14.8 Å². The molecular weight excluding hydrogens is 534 g/mol. The molecule has 1 unspecified atom stereocenters. The number of hydrogen-bond donors (Lipinski definition) is 2. The first-order valence-electron chi connectivity index (χ1n) is 12.3. The number of imidazole rings is 1. The maximum Gasteiger partial charge on any atom is 0.410 e. The van der Waals surface area contributed by atoms with E-state index in [9.17, 15) is 4.79 Å². The maximum absolute atomic E-state index is 12.8. The van der Waals surface area contributed by atoms with Crippen LogP contribution in [-0.2, 0) is 17.9 Å². The summed E-state index contributed by atoms with van der Waals surface area (Å²) in [5.41, 5.74) is 5.72. The van der Waals surface area contributed by atoms with Crippen molar-refractivity contribution in [2.75, 3.05) is 18.4 Å². The van der Waals surface area contributed by atoms with Gasteiger partial charge in [-0.1, -0.05) is 36.4 Å². The Hall–Kier alpha value is -3.92. The van der Waals surface area contributed by atoms with Gasteiger partial charge in [-0.3, -0.25) is 0 Å². The molecule has 1 saturated heterocycles. The predicted molar refractivity (Wildman–Crippen MR) is 144 cm³/mol. The molecular formula is C27H26BrN7O2. The Labute approximate surface area is 222 Å². The van der Waals surface area contributed by atoms with Crippen molar-refractivity contribution in [2.24, 2.45) is 0 Å². The number of ether oxygens (including phenoxy) is 1. The van der Waals surface area contributed by atoms with Gasteiger partial charge in [-0.2, -0.15) is 9.61 Å². The predicted octanol–water partition coefficient (Wildman–Crippen LogP) is 5.50. The Bertz CT molecular complexity index is 1550. The highest BCUT2D eigenvalue weighted by Gasteiger charge is 2.28. The second-order valence-corrected chi connectivity index (χ2v) is 10.1. The lowest BCUT2D eigenvalue weighted by molar-refractivity contribution is 0.0856. The Kier molecular flexibility index (Phi) is 6.48. The molecule has 0 saturated carbocycles. The number of carbonyl (C=O) groups excluding carboxylic acids is 1. The molecule has 1 aliphatic rings. The van der Waals surface area contributed by atoms with E-state index in [4.69, 9.17) is 9.72 Å². The van der Waals surface area contributed by atoms with E-state index in [1.807, 2.05) is 42.5 Å². The van der Waals surface area contributed by atoms with E-state index in [0.29, 0.717) is 19.6 Å². The van der Waals surface area contributed by atoms with Gasteiger partial charge in [0.25, 0.3) is 0 Å². The molecule has 10 heteroatoms. The molecule has 1 amide bonds. The number of H-pyrrole nitrogens is 1. The van der Waals surface area contributed by atoms with E-state index >= 15 is 0 Å². The third-order valence-electron chi connectivity index (χ3n) is 6.71. The number of halogens is 1. The number of hydrogen-bond acceptors (Lipinski definition) is 6. The Morgan fingerprint density at radius 2 is 2.05 bits per heavy atom. The van der Waals surface area contributed by atoms with Crippen LogP contribution in [0.15, 0.2) is 71.6 Å². The van der Waals surface area contributed by atoms with Crippen LogP contribution in [0.1, 0.15) is 35.6 Å². The monoisotopic (exact) mass is 559 g/mol. The number of likely N-dealkylation sites (tertiary alicyclic amines) is 1. The summed E-state index contributed by atoms with van der Waals surface area (Å²) in [7, 11) is 0. The lowest BCUT2D eigenvalue weighted by atomic mass is 9.94. The molecule has 2 aromatic carbocycles. The van der Waals surface area contributed by atoms with Crippen LogP contribution in [-0.4, -0.2) is 48.6 Å². The molecule has 0 aliphatic carbocycles. The Morgan fingerprint density at radius 1 is 1.16 bits per heavy atom. The highest BCUT2D eigenvalue weighted by molar-refractivity contribution is 9.10. The summed E-state index contributed by atoms with van der Waals surface area (Å²) >= 11 is 3.59. The summed E-state index contributed by atoms with van der Waals surface area (Å²) in [5.74, 6) is 0.950.